The highest BCUT2D eigenvalue weighted by Gasteiger charge is 2.26. The molecule has 1 aromatic carbocycles. The van der Waals surface area contributed by atoms with Gasteiger partial charge in [-0.1, -0.05) is 30.7 Å². The number of likely N-dealkylation sites (N-methyl/N-ethyl adjacent to an activating group) is 1. The Kier molecular flexibility index (Phi) is 4.19. The van der Waals surface area contributed by atoms with Gasteiger partial charge in [0.05, 0.1) is 0 Å². The molecule has 104 valence electrons. The molecule has 1 aromatic rings. The lowest BCUT2D eigenvalue weighted by Gasteiger charge is -2.28. The zero-order chi connectivity index (χ0) is 13.1. The van der Waals surface area contributed by atoms with E-state index in [2.05, 4.69) is 41.5 Å². The van der Waals surface area contributed by atoms with Crippen LogP contribution in [-0.4, -0.2) is 31.1 Å². The number of piperidine rings is 1. The van der Waals surface area contributed by atoms with E-state index in [-0.39, 0.29) is 0 Å². The topological polar surface area (TPSA) is 15.3 Å². The predicted molar refractivity (Wildman–Crippen MR) is 80.4 cm³/mol. The van der Waals surface area contributed by atoms with Gasteiger partial charge in [0.25, 0.3) is 0 Å². The molecule has 0 radical (unpaired) electrons. The molecule has 19 heavy (non-hydrogen) atoms. The summed E-state index contributed by atoms with van der Waals surface area (Å²) in [5.74, 6) is 0.859. The summed E-state index contributed by atoms with van der Waals surface area (Å²) >= 11 is 0. The van der Waals surface area contributed by atoms with E-state index in [1.54, 1.807) is 11.1 Å². The number of nitrogens with zero attached hydrogens (tertiary/aromatic N) is 1. The molecule has 2 nitrogen and oxygen atoms in total. The van der Waals surface area contributed by atoms with Crippen molar-refractivity contribution in [1.29, 1.82) is 0 Å². The second-order valence-electron chi connectivity index (χ2n) is 6.32. The van der Waals surface area contributed by atoms with E-state index >= 15 is 0 Å². The molecule has 3 rings (SSSR count). The Morgan fingerprint density at radius 2 is 2.00 bits per heavy atom. The Balaban J connectivity index is 1.57. The third-order valence-electron chi connectivity index (χ3n) is 4.46. The molecular weight excluding hydrogens is 232 g/mol. The van der Waals surface area contributed by atoms with Crippen molar-refractivity contribution < 1.29 is 0 Å². The van der Waals surface area contributed by atoms with Gasteiger partial charge < -0.3 is 10.2 Å². The fourth-order valence-corrected chi connectivity index (χ4v) is 3.28. The van der Waals surface area contributed by atoms with Crippen molar-refractivity contribution in [2.24, 2.45) is 0 Å². The molecular formula is C17H26N2. The van der Waals surface area contributed by atoms with Gasteiger partial charge in [-0.25, -0.2) is 0 Å². The molecule has 2 heteroatoms. The van der Waals surface area contributed by atoms with Crippen LogP contribution >= 0.6 is 0 Å². The summed E-state index contributed by atoms with van der Waals surface area (Å²) in [6.45, 7) is 3.49. The van der Waals surface area contributed by atoms with Crippen molar-refractivity contribution in [2.45, 2.75) is 50.6 Å². The van der Waals surface area contributed by atoms with E-state index in [4.69, 9.17) is 0 Å². The molecule has 0 amide bonds. The summed E-state index contributed by atoms with van der Waals surface area (Å²) < 4.78 is 0. The van der Waals surface area contributed by atoms with Crippen LogP contribution in [0.3, 0.4) is 0 Å². The number of hydrogen-bond donors (Lipinski definition) is 1. The zero-order valence-corrected chi connectivity index (χ0v) is 12.1. The fraction of sp³-hybridized carbons (Fsp3) is 0.647. The summed E-state index contributed by atoms with van der Waals surface area (Å²) in [7, 11) is 2.26. The first kappa shape index (κ1) is 13.1. The predicted octanol–water partition coefficient (Wildman–Crippen LogP) is 3.14. The van der Waals surface area contributed by atoms with Crippen LogP contribution < -0.4 is 5.32 Å². The molecule has 1 aliphatic heterocycles. The lowest BCUT2D eigenvalue weighted by Crippen LogP contribution is -2.42. The van der Waals surface area contributed by atoms with Gasteiger partial charge in [-0.3, -0.25) is 0 Å². The Bertz CT molecular complexity index is 405. The van der Waals surface area contributed by atoms with Gasteiger partial charge in [-0.15, -0.1) is 0 Å². The Morgan fingerprint density at radius 3 is 2.74 bits per heavy atom. The van der Waals surface area contributed by atoms with E-state index in [0.29, 0.717) is 6.04 Å². The molecule has 1 aliphatic carbocycles. The summed E-state index contributed by atoms with van der Waals surface area (Å²) in [6.07, 6.45) is 6.87. The van der Waals surface area contributed by atoms with Crippen LogP contribution in [0, 0.1) is 0 Å². The summed E-state index contributed by atoms with van der Waals surface area (Å²) in [6, 6.07) is 9.73. The second kappa shape index (κ2) is 6.06. The van der Waals surface area contributed by atoms with Gasteiger partial charge >= 0.3 is 0 Å². The first-order valence-corrected chi connectivity index (χ1v) is 7.82. The Morgan fingerprint density at radius 1 is 1.16 bits per heavy atom. The molecule has 1 atom stereocenters. The molecule has 0 spiro atoms. The number of nitrogens with one attached hydrogen (secondary N) is 1. The Labute approximate surface area is 117 Å². The van der Waals surface area contributed by atoms with Crippen LogP contribution in [0.5, 0.6) is 0 Å². The van der Waals surface area contributed by atoms with E-state index in [1.807, 2.05) is 0 Å². The second-order valence-corrected chi connectivity index (χ2v) is 6.32. The largest absolute Gasteiger partial charge is 0.313 e. The van der Waals surface area contributed by atoms with E-state index in [0.717, 1.165) is 12.5 Å². The van der Waals surface area contributed by atoms with Crippen LogP contribution in [-0.2, 0) is 6.54 Å². The van der Waals surface area contributed by atoms with Gasteiger partial charge in [0.1, 0.15) is 0 Å². The van der Waals surface area contributed by atoms with Crippen molar-refractivity contribution in [3.05, 3.63) is 35.4 Å². The van der Waals surface area contributed by atoms with Gasteiger partial charge in [0.2, 0.25) is 0 Å². The van der Waals surface area contributed by atoms with Crippen LogP contribution in [0.2, 0.25) is 0 Å². The minimum atomic E-state index is 0.701. The van der Waals surface area contributed by atoms with Gasteiger partial charge in [0.15, 0.2) is 0 Å². The monoisotopic (exact) mass is 258 g/mol. The van der Waals surface area contributed by atoms with Gasteiger partial charge in [0, 0.05) is 19.1 Å². The maximum absolute atomic E-state index is 3.64. The van der Waals surface area contributed by atoms with E-state index in [1.165, 1.54) is 45.2 Å². The minimum Gasteiger partial charge on any atom is -0.313 e. The normalized spacial score (nSPS) is 23.8. The third kappa shape index (κ3) is 3.58. The lowest BCUT2D eigenvalue weighted by molar-refractivity contribution is 0.256. The average Bonchev–Trinajstić information content (AvgIpc) is 3.25. The highest BCUT2D eigenvalue weighted by Crippen LogP contribution is 2.41. The fourth-order valence-electron chi connectivity index (χ4n) is 3.28. The molecule has 0 bridgehead atoms. The number of rotatable bonds is 5. The zero-order valence-electron chi connectivity index (χ0n) is 12.1. The summed E-state index contributed by atoms with van der Waals surface area (Å²) in [5.41, 5.74) is 3.15. The summed E-state index contributed by atoms with van der Waals surface area (Å²) in [4.78, 5) is 2.49. The average molecular weight is 258 g/mol. The number of benzene rings is 1. The molecule has 1 N–H and O–H groups in total. The van der Waals surface area contributed by atoms with Crippen molar-refractivity contribution in [1.82, 2.24) is 10.2 Å². The summed E-state index contributed by atoms with van der Waals surface area (Å²) in [5, 5.41) is 3.64. The SMILES string of the molecule is CN(Cc1ccccc1C1CC1)CC1CCCCN1. The lowest BCUT2D eigenvalue weighted by atomic mass is 10.0. The molecule has 1 saturated carbocycles. The highest BCUT2D eigenvalue weighted by molar-refractivity contribution is 5.33. The van der Waals surface area contributed by atoms with Crippen LogP contribution in [0.1, 0.15) is 49.1 Å². The van der Waals surface area contributed by atoms with E-state index in [9.17, 15) is 0 Å². The van der Waals surface area contributed by atoms with E-state index < -0.39 is 0 Å². The first-order chi connectivity index (χ1) is 9.33. The van der Waals surface area contributed by atoms with Crippen molar-refractivity contribution >= 4 is 0 Å². The standard InChI is InChI=1S/C17H26N2/c1-19(13-16-7-4-5-11-18-16)12-15-6-2-3-8-17(15)14-9-10-14/h2-3,6,8,14,16,18H,4-5,7,9-13H2,1H3. The van der Waals surface area contributed by atoms with Gasteiger partial charge in [-0.05, 0) is 56.3 Å². The van der Waals surface area contributed by atoms with Crippen LogP contribution in [0.4, 0.5) is 0 Å². The third-order valence-corrected chi connectivity index (χ3v) is 4.46. The van der Waals surface area contributed by atoms with Gasteiger partial charge in [-0.2, -0.15) is 0 Å². The molecule has 1 heterocycles. The van der Waals surface area contributed by atoms with Crippen LogP contribution in [0.25, 0.3) is 0 Å². The minimum absolute atomic E-state index is 0.701. The smallest absolute Gasteiger partial charge is 0.0234 e. The molecule has 2 aliphatic rings. The highest BCUT2D eigenvalue weighted by atomic mass is 15.1. The van der Waals surface area contributed by atoms with Crippen LogP contribution in [0.15, 0.2) is 24.3 Å². The number of hydrogen-bond acceptors (Lipinski definition) is 2. The maximum Gasteiger partial charge on any atom is 0.0234 e. The first-order valence-electron chi connectivity index (χ1n) is 7.82. The molecule has 1 saturated heterocycles. The quantitative estimate of drug-likeness (QED) is 0.873. The van der Waals surface area contributed by atoms with Crippen molar-refractivity contribution in [3.63, 3.8) is 0 Å². The van der Waals surface area contributed by atoms with Crippen molar-refractivity contribution in [3.8, 4) is 0 Å². The molecule has 1 unspecified atom stereocenters. The molecule has 0 aromatic heterocycles. The maximum atomic E-state index is 3.64. The Hall–Kier alpha value is -0.860. The van der Waals surface area contributed by atoms with Crippen molar-refractivity contribution in [2.75, 3.05) is 20.1 Å². The molecule has 2 fully saturated rings.